The van der Waals surface area contributed by atoms with Crippen molar-refractivity contribution < 1.29 is 14.0 Å². The second-order valence-electron chi connectivity index (χ2n) is 5.69. The van der Waals surface area contributed by atoms with Crippen molar-refractivity contribution in [3.05, 3.63) is 46.5 Å². The van der Waals surface area contributed by atoms with E-state index < -0.39 is 0 Å². The van der Waals surface area contributed by atoms with Gasteiger partial charge < -0.3 is 14.2 Å². The molecule has 5 nitrogen and oxygen atoms in total. The number of hydrogen-bond acceptors (Lipinski definition) is 4. The summed E-state index contributed by atoms with van der Waals surface area (Å²) in [4.78, 5) is 29.6. The summed E-state index contributed by atoms with van der Waals surface area (Å²) in [6.07, 6.45) is 1.89. The van der Waals surface area contributed by atoms with Gasteiger partial charge in [0, 0.05) is 24.4 Å². The zero-order chi connectivity index (χ0) is 16.2. The molecule has 6 heteroatoms. The second-order valence-corrected chi connectivity index (χ2v) is 6.72. The Balaban J connectivity index is 1.62. The van der Waals surface area contributed by atoms with Crippen molar-refractivity contribution in [1.29, 1.82) is 0 Å². The number of rotatable bonds is 6. The molecule has 2 aromatic rings. The zero-order valence-corrected chi connectivity index (χ0v) is 13.9. The van der Waals surface area contributed by atoms with Crippen LogP contribution in [0.3, 0.4) is 0 Å². The molecule has 3 rings (SSSR count). The molecule has 23 heavy (non-hydrogen) atoms. The van der Waals surface area contributed by atoms with Crippen LogP contribution in [0.4, 0.5) is 0 Å². The standard InChI is InChI=1S/C17H20N2O3S/c1-2-18(12-15-6-4-8-23-15)17(21)13-9-16(20)19(10-13)11-14-5-3-7-22-14/h3-8,13H,2,9-12H2,1H3/t13-/m1/s1. The van der Waals surface area contributed by atoms with Gasteiger partial charge in [0.05, 0.1) is 25.3 Å². The fourth-order valence-corrected chi connectivity index (χ4v) is 3.59. The number of amides is 2. The minimum atomic E-state index is -0.252. The fourth-order valence-electron chi connectivity index (χ4n) is 2.88. The average Bonchev–Trinajstić information content (AvgIpc) is 3.28. The first kappa shape index (κ1) is 15.8. The van der Waals surface area contributed by atoms with E-state index in [4.69, 9.17) is 4.42 Å². The first-order chi connectivity index (χ1) is 11.2. The van der Waals surface area contributed by atoms with Crippen molar-refractivity contribution in [1.82, 2.24) is 9.80 Å². The number of carbonyl (C=O) groups is 2. The number of thiophene rings is 1. The van der Waals surface area contributed by atoms with Gasteiger partial charge in [-0.1, -0.05) is 6.07 Å². The third kappa shape index (κ3) is 3.64. The van der Waals surface area contributed by atoms with Crippen LogP contribution >= 0.6 is 11.3 Å². The van der Waals surface area contributed by atoms with E-state index in [1.807, 2.05) is 35.4 Å². The molecule has 1 aliphatic rings. The highest BCUT2D eigenvalue weighted by atomic mass is 32.1. The van der Waals surface area contributed by atoms with E-state index in [0.29, 0.717) is 32.6 Å². The molecule has 0 radical (unpaired) electrons. The summed E-state index contributed by atoms with van der Waals surface area (Å²) in [5, 5.41) is 2.01. The molecule has 2 aromatic heterocycles. The molecule has 0 saturated carbocycles. The number of hydrogen-bond donors (Lipinski definition) is 0. The molecule has 0 spiro atoms. The van der Waals surface area contributed by atoms with Crippen LogP contribution < -0.4 is 0 Å². The number of likely N-dealkylation sites (tertiary alicyclic amines) is 1. The van der Waals surface area contributed by atoms with Gasteiger partial charge >= 0.3 is 0 Å². The van der Waals surface area contributed by atoms with Gasteiger partial charge in [-0.05, 0) is 30.5 Å². The summed E-state index contributed by atoms with van der Waals surface area (Å²) in [5.74, 6) is 0.581. The highest BCUT2D eigenvalue weighted by Crippen LogP contribution is 2.23. The van der Waals surface area contributed by atoms with Gasteiger partial charge in [0.2, 0.25) is 11.8 Å². The van der Waals surface area contributed by atoms with Gasteiger partial charge in [-0.25, -0.2) is 0 Å². The molecule has 0 bridgehead atoms. The van der Waals surface area contributed by atoms with E-state index in [-0.39, 0.29) is 17.7 Å². The Morgan fingerprint density at radius 2 is 2.30 bits per heavy atom. The lowest BCUT2D eigenvalue weighted by Crippen LogP contribution is -2.36. The minimum absolute atomic E-state index is 0.0203. The number of carbonyl (C=O) groups excluding carboxylic acids is 2. The Labute approximate surface area is 139 Å². The van der Waals surface area contributed by atoms with Gasteiger partial charge in [0.25, 0.3) is 0 Å². The van der Waals surface area contributed by atoms with Crippen molar-refractivity contribution in [2.24, 2.45) is 5.92 Å². The van der Waals surface area contributed by atoms with E-state index in [9.17, 15) is 9.59 Å². The lowest BCUT2D eigenvalue weighted by Gasteiger charge is -2.23. The second kappa shape index (κ2) is 7.00. The van der Waals surface area contributed by atoms with E-state index in [1.165, 1.54) is 0 Å². The molecular formula is C17H20N2O3S. The largest absolute Gasteiger partial charge is 0.467 e. The van der Waals surface area contributed by atoms with Crippen molar-refractivity contribution in [3.63, 3.8) is 0 Å². The summed E-state index contributed by atoms with van der Waals surface area (Å²) < 4.78 is 5.29. The van der Waals surface area contributed by atoms with Crippen molar-refractivity contribution in [3.8, 4) is 0 Å². The highest BCUT2D eigenvalue weighted by molar-refractivity contribution is 7.09. The van der Waals surface area contributed by atoms with Crippen LogP contribution in [0.5, 0.6) is 0 Å². The molecule has 1 atom stereocenters. The Morgan fingerprint density at radius 1 is 1.43 bits per heavy atom. The van der Waals surface area contributed by atoms with Crippen LogP contribution in [0, 0.1) is 5.92 Å². The van der Waals surface area contributed by atoms with Crippen LogP contribution in [0.15, 0.2) is 40.3 Å². The Hall–Kier alpha value is -2.08. The molecule has 3 heterocycles. The smallest absolute Gasteiger partial charge is 0.228 e. The summed E-state index contributed by atoms with van der Waals surface area (Å²) in [7, 11) is 0. The minimum Gasteiger partial charge on any atom is -0.467 e. The number of nitrogens with zero attached hydrogens (tertiary/aromatic N) is 2. The molecule has 122 valence electrons. The van der Waals surface area contributed by atoms with Crippen molar-refractivity contribution >= 4 is 23.2 Å². The summed E-state index contributed by atoms with van der Waals surface area (Å²) in [6, 6.07) is 7.67. The highest BCUT2D eigenvalue weighted by Gasteiger charge is 2.36. The Bertz CT molecular complexity index is 651. The predicted molar refractivity (Wildman–Crippen MR) is 87.6 cm³/mol. The zero-order valence-electron chi connectivity index (χ0n) is 13.1. The van der Waals surface area contributed by atoms with Crippen molar-refractivity contribution in [2.45, 2.75) is 26.4 Å². The fraction of sp³-hybridized carbons (Fsp3) is 0.412. The molecular weight excluding hydrogens is 312 g/mol. The summed E-state index contributed by atoms with van der Waals surface area (Å²) >= 11 is 1.65. The average molecular weight is 332 g/mol. The third-order valence-corrected chi connectivity index (χ3v) is 4.97. The first-order valence-electron chi connectivity index (χ1n) is 7.78. The molecule has 1 fully saturated rings. The van der Waals surface area contributed by atoms with Gasteiger partial charge in [-0.3, -0.25) is 9.59 Å². The molecule has 0 unspecified atom stereocenters. The van der Waals surface area contributed by atoms with Gasteiger partial charge in [-0.2, -0.15) is 0 Å². The quantitative estimate of drug-likeness (QED) is 0.817. The summed E-state index contributed by atoms with van der Waals surface area (Å²) in [6.45, 7) is 4.16. The van der Waals surface area contributed by atoms with Crippen LogP contribution in [-0.4, -0.2) is 34.7 Å². The topological polar surface area (TPSA) is 53.8 Å². The molecule has 1 aliphatic heterocycles. The molecule has 0 aromatic carbocycles. The van der Waals surface area contributed by atoms with Gasteiger partial charge in [-0.15, -0.1) is 11.3 Å². The Morgan fingerprint density at radius 3 is 2.96 bits per heavy atom. The molecule has 1 saturated heterocycles. The first-order valence-corrected chi connectivity index (χ1v) is 8.66. The SMILES string of the molecule is CCN(Cc1cccs1)C(=O)[C@@H]1CC(=O)N(Cc2ccco2)C1. The van der Waals surface area contributed by atoms with E-state index in [2.05, 4.69) is 0 Å². The van der Waals surface area contributed by atoms with E-state index in [1.54, 1.807) is 28.6 Å². The predicted octanol–water partition coefficient (Wildman–Crippen LogP) is 2.74. The van der Waals surface area contributed by atoms with E-state index >= 15 is 0 Å². The van der Waals surface area contributed by atoms with Crippen LogP contribution in [0.25, 0.3) is 0 Å². The number of furan rings is 1. The van der Waals surface area contributed by atoms with Gasteiger partial charge in [0.1, 0.15) is 5.76 Å². The molecule has 0 N–H and O–H groups in total. The van der Waals surface area contributed by atoms with Crippen molar-refractivity contribution in [2.75, 3.05) is 13.1 Å². The lowest BCUT2D eigenvalue weighted by molar-refractivity contribution is -0.136. The van der Waals surface area contributed by atoms with Crippen LogP contribution in [0.2, 0.25) is 0 Å². The van der Waals surface area contributed by atoms with Crippen LogP contribution in [-0.2, 0) is 22.7 Å². The lowest BCUT2D eigenvalue weighted by atomic mass is 10.1. The molecule has 2 amide bonds. The Kier molecular flexibility index (Phi) is 4.81. The maximum Gasteiger partial charge on any atom is 0.228 e. The third-order valence-electron chi connectivity index (χ3n) is 4.11. The van der Waals surface area contributed by atoms with Gasteiger partial charge in [0.15, 0.2) is 0 Å². The summed E-state index contributed by atoms with van der Waals surface area (Å²) in [5.41, 5.74) is 0. The maximum absolute atomic E-state index is 12.7. The molecule has 0 aliphatic carbocycles. The van der Waals surface area contributed by atoms with Crippen LogP contribution in [0.1, 0.15) is 24.0 Å². The normalized spacial score (nSPS) is 17.7. The van der Waals surface area contributed by atoms with E-state index in [0.717, 1.165) is 10.6 Å². The monoisotopic (exact) mass is 332 g/mol. The maximum atomic E-state index is 12.7.